The second kappa shape index (κ2) is 9.68. The van der Waals surface area contributed by atoms with Crippen LogP contribution >= 0.6 is 0 Å². The molecule has 7 aliphatic carbocycles. The molecule has 0 radical (unpaired) electrons. The summed E-state index contributed by atoms with van der Waals surface area (Å²) in [6.45, 7) is 2.18. The number of carbonyl (C=O) groups excluding carboxylic acids is 1. The molecular formula is C34H40FN5O4. The van der Waals surface area contributed by atoms with E-state index in [0.717, 1.165) is 106 Å². The second-order valence-electron chi connectivity index (χ2n) is 15.2. The fraction of sp³-hybridized carbons (Fsp3) is 0.676. The lowest BCUT2D eigenvalue weighted by Crippen LogP contribution is -2.65. The number of hydrogen-bond donors (Lipinski definition) is 0. The number of ether oxygens (including phenoxy) is 1. The van der Waals surface area contributed by atoms with Crippen molar-refractivity contribution in [3.05, 3.63) is 41.8 Å². The van der Waals surface area contributed by atoms with E-state index in [1.54, 1.807) is 0 Å². The van der Waals surface area contributed by atoms with Crippen LogP contribution in [0, 0.1) is 10.8 Å². The summed E-state index contributed by atoms with van der Waals surface area (Å²) < 4.78 is 31.5. The van der Waals surface area contributed by atoms with Crippen LogP contribution in [0.1, 0.15) is 119 Å². The third kappa shape index (κ3) is 4.53. The van der Waals surface area contributed by atoms with Gasteiger partial charge < -0.3 is 18.7 Å². The van der Waals surface area contributed by atoms with Crippen molar-refractivity contribution < 1.29 is 23.0 Å². The van der Waals surface area contributed by atoms with Gasteiger partial charge >= 0.3 is 0 Å². The van der Waals surface area contributed by atoms with Gasteiger partial charge in [0.2, 0.25) is 11.8 Å². The first-order valence-corrected chi connectivity index (χ1v) is 16.7. The lowest BCUT2D eigenvalue weighted by atomic mass is 9.41. The largest absolute Gasteiger partial charge is 0.381 e. The van der Waals surface area contributed by atoms with Crippen LogP contribution in [0.4, 0.5) is 10.1 Å². The number of rotatable bonds is 9. The van der Waals surface area contributed by atoms with Crippen molar-refractivity contribution in [2.24, 2.45) is 10.8 Å². The number of alkyl halides is 1. The number of amides is 1. The molecule has 0 N–H and O–H groups in total. The van der Waals surface area contributed by atoms with Crippen LogP contribution in [0.15, 0.2) is 33.3 Å². The van der Waals surface area contributed by atoms with Crippen molar-refractivity contribution in [3.8, 4) is 11.5 Å². The molecule has 44 heavy (non-hydrogen) atoms. The molecule has 1 aromatic carbocycles. The van der Waals surface area contributed by atoms with Crippen LogP contribution < -0.4 is 4.90 Å². The van der Waals surface area contributed by atoms with Gasteiger partial charge in [0.25, 0.3) is 5.89 Å². The van der Waals surface area contributed by atoms with Gasteiger partial charge in [-0.05, 0) is 112 Å². The Balaban J connectivity index is 0.954. The zero-order valence-corrected chi connectivity index (χ0v) is 25.2. The van der Waals surface area contributed by atoms with Gasteiger partial charge in [0, 0.05) is 54.7 Å². The van der Waals surface area contributed by atoms with E-state index in [4.69, 9.17) is 18.8 Å². The van der Waals surface area contributed by atoms with Gasteiger partial charge in [-0.2, -0.15) is 9.97 Å². The fourth-order valence-electron chi connectivity index (χ4n) is 9.18. The number of benzene rings is 1. The highest BCUT2D eigenvalue weighted by molar-refractivity contribution is 5.94. The molecule has 9 nitrogen and oxygen atoms in total. The van der Waals surface area contributed by atoms with E-state index in [1.165, 1.54) is 0 Å². The summed E-state index contributed by atoms with van der Waals surface area (Å²) in [6, 6.07) is 7.97. The highest BCUT2D eigenvalue weighted by Gasteiger charge is 2.69. The average molecular weight is 602 g/mol. The molecule has 10 heteroatoms. The molecule has 0 atom stereocenters. The maximum Gasteiger partial charge on any atom is 0.258 e. The van der Waals surface area contributed by atoms with Crippen molar-refractivity contribution in [2.45, 2.75) is 113 Å². The highest BCUT2D eigenvalue weighted by atomic mass is 19.1. The van der Waals surface area contributed by atoms with Gasteiger partial charge in [0.15, 0.2) is 11.6 Å². The van der Waals surface area contributed by atoms with Crippen LogP contribution in [-0.2, 0) is 14.9 Å². The number of aromatic nitrogens is 4. The Morgan fingerprint density at radius 2 is 1.55 bits per heavy atom. The Kier molecular flexibility index (Phi) is 5.98. The van der Waals surface area contributed by atoms with E-state index >= 15 is 0 Å². The first-order chi connectivity index (χ1) is 21.3. The summed E-state index contributed by atoms with van der Waals surface area (Å²) in [7, 11) is 0. The zero-order valence-electron chi connectivity index (χ0n) is 25.2. The van der Waals surface area contributed by atoms with E-state index < -0.39 is 5.67 Å². The summed E-state index contributed by atoms with van der Waals surface area (Å²) in [5.41, 5.74) is 0.478. The molecule has 8 aliphatic rings. The third-order valence-corrected chi connectivity index (χ3v) is 12.1. The maximum atomic E-state index is 14.4. The van der Waals surface area contributed by atoms with Crippen molar-refractivity contribution in [2.75, 3.05) is 24.7 Å². The predicted octanol–water partition coefficient (Wildman–Crippen LogP) is 6.80. The Labute approximate surface area is 256 Å². The summed E-state index contributed by atoms with van der Waals surface area (Å²) in [5, 5.41) is 8.62. The van der Waals surface area contributed by atoms with E-state index in [1.807, 2.05) is 29.2 Å². The lowest BCUT2D eigenvalue weighted by molar-refractivity contribution is -0.215. The Bertz CT molecular complexity index is 1540. The molecule has 0 spiro atoms. The minimum absolute atomic E-state index is 0.0291. The molecule has 1 saturated heterocycles. The van der Waals surface area contributed by atoms with Crippen LogP contribution in [0.5, 0.6) is 0 Å². The van der Waals surface area contributed by atoms with Gasteiger partial charge in [-0.15, -0.1) is 0 Å². The van der Waals surface area contributed by atoms with Crippen molar-refractivity contribution in [1.29, 1.82) is 0 Å². The monoisotopic (exact) mass is 601 g/mol. The second-order valence-corrected chi connectivity index (χ2v) is 15.2. The first-order valence-electron chi connectivity index (χ1n) is 16.7. The molecule has 2 aromatic heterocycles. The normalized spacial score (nSPS) is 34.4. The Morgan fingerprint density at radius 3 is 2.25 bits per heavy atom. The van der Waals surface area contributed by atoms with Crippen molar-refractivity contribution in [1.82, 2.24) is 20.3 Å². The Hall–Kier alpha value is -3.14. The van der Waals surface area contributed by atoms with Crippen LogP contribution in [0.2, 0.25) is 0 Å². The quantitative estimate of drug-likeness (QED) is 0.264. The predicted molar refractivity (Wildman–Crippen MR) is 158 cm³/mol. The number of halogens is 1. The number of carbonyl (C=O) groups is 1. The summed E-state index contributed by atoms with van der Waals surface area (Å²) in [6.07, 6.45) is 12.1. The van der Waals surface area contributed by atoms with Gasteiger partial charge in [0.05, 0.1) is 0 Å². The first kappa shape index (κ1) is 27.2. The fourth-order valence-corrected chi connectivity index (χ4v) is 9.18. The molecule has 232 valence electrons. The summed E-state index contributed by atoms with van der Waals surface area (Å²) in [5.74, 6) is 3.74. The molecule has 4 bridgehead atoms. The molecular weight excluding hydrogens is 561 g/mol. The maximum absolute atomic E-state index is 14.4. The minimum Gasteiger partial charge on any atom is -0.381 e. The van der Waals surface area contributed by atoms with E-state index in [9.17, 15) is 9.18 Å². The van der Waals surface area contributed by atoms with Crippen LogP contribution in [0.3, 0.4) is 0 Å². The highest BCUT2D eigenvalue weighted by Crippen LogP contribution is 2.71. The topological polar surface area (TPSA) is 107 Å². The SMILES string of the molecule is O=C(CC12CC(F)(C1)C2)N(CC12CCC(c3nc(C4CCOCC4)no3)(CC1)CC2)c1cccc(-c2nc(C3CC3)no2)c1. The van der Waals surface area contributed by atoms with E-state index in [0.29, 0.717) is 50.0 Å². The molecule has 11 rings (SSSR count). The van der Waals surface area contributed by atoms with Crippen molar-refractivity contribution >= 4 is 11.6 Å². The van der Waals surface area contributed by atoms with Gasteiger partial charge in [-0.1, -0.05) is 16.4 Å². The molecule has 1 amide bonds. The van der Waals surface area contributed by atoms with E-state index in [-0.39, 0.29) is 22.2 Å². The average Bonchev–Trinajstić information content (AvgIpc) is 3.53. The van der Waals surface area contributed by atoms with Gasteiger partial charge in [-0.25, -0.2) is 4.39 Å². The zero-order chi connectivity index (χ0) is 29.6. The van der Waals surface area contributed by atoms with Gasteiger partial charge in [-0.3, -0.25) is 4.79 Å². The standard InChI is InChI=1S/C34H40FN5O4/c35-34-18-32(19-34,20-34)17-26(41)40(25-3-1-2-24(16-25)29-36-27(38-43-29)22-4-5-22)21-31-8-11-33(12-9-31,13-10-31)30-37-28(39-44-30)23-6-14-42-15-7-23/h1-3,16,22-23H,4-15,17-21H2. The smallest absolute Gasteiger partial charge is 0.258 e. The van der Waals surface area contributed by atoms with Crippen LogP contribution in [-0.4, -0.2) is 51.6 Å². The number of fused-ring (bicyclic) bond motifs is 3. The molecule has 8 fully saturated rings. The molecule has 0 unspecified atom stereocenters. The molecule has 3 heterocycles. The van der Waals surface area contributed by atoms with E-state index in [2.05, 4.69) is 15.3 Å². The summed E-state index contributed by atoms with van der Waals surface area (Å²) >= 11 is 0. The number of nitrogens with zero attached hydrogens (tertiary/aromatic N) is 5. The number of hydrogen-bond acceptors (Lipinski definition) is 8. The van der Waals surface area contributed by atoms with Crippen LogP contribution in [0.25, 0.3) is 11.5 Å². The molecule has 3 aromatic rings. The minimum atomic E-state index is -1.02. The third-order valence-electron chi connectivity index (χ3n) is 12.1. The van der Waals surface area contributed by atoms with Crippen molar-refractivity contribution in [3.63, 3.8) is 0 Å². The Morgan fingerprint density at radius 1 is 0.864 bits per heavy atom. The molecule has 7 saturated carbocycles. The lowest BCUT2D eigenvalue weighted by Gasteiger charge is -2.66. The van der Waals surface area contributed by atoms with Gasteiger partial charge in [0.1, 0.15) is 5.67 Å². The number of anilines is 1. The summed E-state index contributed by atoms with van der Waals surface area (Å²) in [4.78, 5) is 25.7. The molecule has 1 aliphatic heterocycles.